The molecule has 0 bridgehead atoms. The minimum atomic E-state index is -1.45. The second-order valence-electron chi connectivity index (χ2n) is 6.50. The lowest BCUT2D eigenvalue weighted by Crippen LogP contribution is -2.57. The van der Waals surface area contributed by atoms with Gasteiger partial charge in [-0.2, -0.15) is 12.6 Å². The molecule has 0 radical (unpaired) electrons. The standard InChI is InChI=1S/C16H28N6O7S/c1-7(17)13(25)22-10(6-30)15(27)20-8(2-4-11(18)23)14(26)21-9(16(28)29)3-5-12(19)24/h7-10,30H,2-6,17H2,1H3,(H2,18,23)(H2,19,24)(H,20,27)(H,21,26)(H,22,25)(H,28,29). The molecule has 0 heterocycles. The molecule has 170 valence electrons. The molecule has 14 heteroatoms. The molecule has 0 aliphatic carbocycles. The Labute approximate surface area is 178 Å². The third-order valence-corrected chi connectivity index (χ3v) is 4.20. The van der Waals surface area contributed by atoms with Gasteiger partial charge in [0, 0.05) is 18.6 Å². The quantitative estimate of drug-likeness (QED) is 0.123. The van der Waals surface area contributed by atoms with E-state index in [1.165, 1.54) is 6.92 Å². The summed E-state index contributed by atoms with van der Waals surface area (Å²) in [6, 6.07) is -4.82. The molecule has 0 aromatic carbocycles. The number of hydrogen-bond acceptors (Lipinski definition) is 8. The summed E-state index contributed by atoms with van der Waals surface area (Å²) in [5.41, 5.74) is 15.5. The Morgan fingerprint density at radius 3 is 1.60 bits per heavy atom. The number of nitrogens with two attached hydrogens (primary N) is 3. The molecule has 10 N–H and O–H groups in total. The average molecular weight is 449 g/mol. The SMILES string of the molecule is CC(N)C(=O)NC(CS)C(=O)NC(CCC(N)=O)C(=O)NC(CCC(N)=O)C(=O)O. The number of rotatable bonds is 14. The summed E-state index contributed by atoms with van der Waals surface area (Å²) in [5, 5.41) is 16.0. The van der Waals surface area contributed by atoms with Gasteiger partial charge in [0.25, 0.3) is 0 Å². The van der Waals surface area contributed by atoms with Gasteiger partial charge in [0.15, 0.2) is 0 Å². The topological polar surface area (TPSA) is 237 Å². The minimum absolute atomic E-state index is 0.120. The third kappa shape index (κ3) is 10.6. The molecule has 4 atom stereocenters. The highest BCUT2D eigenvalue weighted by molar-refractivity contribution is 7.80. The first-order valence-electron chi connectivity index (χ1n) is 8.96. The van der Waals surface area contributed by atoms with Gasteiger partial charge in [0.05, 0.1) is 6.04 Å². The van der Waals surface area contributed by atoms with Crippen molar-refractivity contribution in [2.24, 2.45) is 17.2 Å². The molecule has 0 saturated heterocycles. The Morgan fingerprint density at radius 1 is 0.800 bits per heavy atom. The van der Waals surface area contributed by atoms with E-state index in [1.54, 1.807) is 0 Å². The van der Waals surface area contributed by atoms with Crippen molar-refractivity contribution in [1.29, 1.82) is 0 Å². The number of carboxylic acids is 1. The fraction of sp³-hybridized carbons (Fsp3) is 0.625. The van der Waals surface area contributed by atoms with Gasteiger partial charge in [-0.15, -0.1) is 0 Å². The van der Waals surface area contributed by atoms with E-state index in [0.29, 0.717) is 0 Å². The zero-order valence-corrected chi connectivity index (χ0v) is 17.3. The van der Waals surface area contributed by atoms with Crippen LogP contribution in [0.3, 0.4) is 0 Å². The van der Waals surface area contributed by atoms with Crippen LogP contribution >= 0.6 is 12.6 Å². The van der Waals surface area contributed by atoms with Gasteiger partial charge in [-0.3, -0.25) is 24.0 Å². The van der Waals surface area contributed by atoms with Gasteiger partial charge in [0.2, 0.25) is 29.5 Å². The van der Waals surface area contributed by atoms with E-state index in [0.717, 1.165) is 0 Å². The van der Waals surface area contributed by atoms with Gasteiger partial charge in [-0.1, -0.05) is 0 Å². The molecule has 0 spiro atoms. The Kier molecular flexibility index (Phi) is 12.1. The van der Waals surface area contributed by atoms with Crippen molar-refractivity contribution in [3.63, 3.8) is 0 Å². The van der Waals surface area contributed by atoms with Crippen LogP contribution in [-0.4, -0.2) is 70.5 Å². The lowest BCUT2D eigenvalue weighted by atomic mass is 10.1. The van der Waals surface area contributed by atoms with Crippen molar-refractivity contribution < 1.29 is 33.9 Å². The Morgan fingerprint density at radius 2 is 1.20 bits per heavy atom. The molecule has 0 aromatic heterocycles. The van der Waals surface area contributed by atoms with Crippen molar-refractivity contribution in [2.45, 2.75) is 56.8 Å². The third-order valence-electron chi connectivity index (χ3n) is 3.84. The summed E-state index contributed by atoms with van der Waals surface area (Å²) in [4.78, 5) is 69.9. The molecule has 5 amide bonds. The molecule has 13 nitrogen and oxygen atoms in total. The van der Waals surface area contributed by atoms with Crippen molar-refractivity contribution in [1.82, 2.24) is 16.0 Å². The normalized spacial score (nSPS) is 14.5. The number of nitrogens with one attached hydrogen (secondary N) is 3. The summed E-state index contributed by atoms with van der Waals surface area (Å²) in [6.45, 7) is 1.41. The number of amides is 5. The maximum Gasteiger partial charge on any atom is 0.326 e. The van der Waals surface area contributed by atoms with E-state index in [9.17, 15) is 33.9 Å². The lowest BCUT2D eigenvalue weighted by molar-refractivity contribution is -0.142. The molecule has 30 heavy (non-hydrogen) atoms. The monoisotopic (exact) mass is 448 g/mol. The zero-order chi connectivity index (χ0) is 23.4. The van der Waals surface area contributed by atoms with Crippen molar-refractivity contribution in [3.8, 4) is 0 Å². The highest BCUT2D eigenvalue weighted by Gasteiger charge is 2.29. The number of carboxylic acid groups (broad SMARTS) is 1. The second-order valence-corrected chi connectivity index (χ2v) is 6.87. The van der Waals surface area contributed by atoms with Crippen LogP contribution in [0.1, 0.15) is 32.6 Å². The molecule has 0 aliphatic heterocycles. The summed E-state index contributed by atoms with van der Waals surface area (Å²) in [6.07, 6.45) is -1.07. The number of aliphatic carboxylic acids is 1. The van der Waals surface area contributed by atoms with E-state index in [1.807, 2.05) is 0 Å². The first kappa shape index (κ1) is 27.1. The highest BCUT2D eigenvalue weighted by atomic mass is 32.1. The smallest absolute Gasteiger partial charge is 0.326 e. The predicted molar refractivity (Wildman–Crippen MR) is 108 cm³/mol. The van der Waals surface area contributed by atoms with Gasteiger partial charge >= 0.3 is 5.97 Å². The van der Waals surface area contributed by atoms with E-state index in [-0.39, 0.29) is 31.4 Å². The van der Waals surface area contributed by atoms with Crippen molar-refractivity contribution in [2.75, 3.05) is 5.75 Å². The molecular weight excluding hydrogens is 420 g/mol. The minimum Gasteiger partial charge on any atom is -0.480 e. The Balaban J connectivity index is 5.30. The molecule has 0 aromatic rings. The maximum absolute atomic E-state index is 12.5. The summed E-state index contributed by atoms with van der Waals surface area (Å²) < 4.78 is 0. The van der Waals surface area contributed by atoms with Crippen LogP contribution in [0.2, 0.25) is 0 Å². The predicted octanol–water partition coefficient (Wildman–Crippen LogP) is -3.67. The maximum atomic E-state index is 12.5. The first-order chi connectivity index (χ1) is 13.9. The van der Waals surface area contributed by atoms with Gasteiger partial charge < -0.3 is 38.3 Å². The van der Waals surface area contributed by atoms with E-state index >= 15 is 0 Å². The van der Waals surface area contributed by atoms with Crippen LogP contribution in [0.4, 0.5) is 0 Å². The van der Waals surface area contributed by atoms with Crippen LogP contribution in [0.25, 0.3) is 0 Å². The largest absolute Gasteiger partial charge is 0.480 e. The Hall–Kier alpha value is -2.87. The van der Waals surface area contributed by atoms with E-state index < -0.39 is 59.7 Å². The summed E-state index contributed by atoms with van der Waals surface area (Å²) in [5.74, 6) is -5.38. The lowest BCUT2D eigenvalue weighted by Gasteiger charge is -2.24. The van der Waals surface area contributed by atoms with Crippen LogP contribution < -0.4 is 33.2 Å². The van der Waals surface area contributed by atoms with Gasteiger partial charge in [-0.05, 0) is 19.8 Å². The van der Waals surface area contributed by atoms with Crippen LogP contribution in [0.5, 0.6) is 0 Å². The van der Waals surface area contributed by atoms with Gasteiger partial charge in [0.1, 0.15) is 18.1 Å². The number of thiol groups is 1. The number of carbonyl (C=O) groups excluding carboxylic acids is 5. The molecule has 0 aliphatic rings. The van der Waals surface area contributed by atoms with Crippen LogP contribution in [0, 0.1) is 0 Å². The number of hydrogen-bond donors (Lipinski definition) is 8. The number of primary amides is 2. The van der Waals surface area contributed by atoms with E-state index in [4.69, 9.17) is 17.2 Å². The highest BCUT2D eigenvalue weighted by Crippen LogP contribution is 2.03. The molecule has 0 saturated carbocycles. The van der Waals surface area contributed by atoms with Crippen LogP contribution in [0.15, 0.2) is 0 Å². The second kappa shape index (κ2) is 13.4. The molecular formula is C16H28N6O7S. The number of carbonyl (C=O) groups is 6. The van der Waals surface area contributed by atoms with Crippen LogP contribution in [-0.2, 0) is 28.8 Å². The average Bonchev–Trinajstić information content (AvgIpc) is 2.64. The first-order valence-corrected chi connectivity index (χ1v) is 9.59. The van der Waals surface area contributed by atoms with Crippen molar-refractivity contribution in [3.05, 3.63) is 0 Å². The Bertz CT molecular complexity index is 672. The molecule has 4 unspecified atom stereocenters. The summed E-state index contributed by atoms with van der Waals surface area (Å²) >= 11 is 3.97. The summed E-state index contributed by atoms with van der Waals surface area (Å²) in [7, 11) is 0. The van der Waals surface area contributed by atoms with Gasteiger partial charge in [-0.25, -0.2) is 4.79 Å². The van der Waals surface area contributed by atoms with Crippen molar-refractivity contribution >= 4 is 48.1 Å². The fourth-order valence-electron chi connectivity index (χ4n) is 2.14. The molecule has 0 rings (SSSR count). The molecule has 0 fully saturated rings. The fourth-order valence-corrected chi connectivity index (χ4v) is 2.40. The van der Waals surface area contributed by atoms with E-state index in [2.05, 4.69) is 28.6 Å². The zero-order valence-electron chi connectivity index (χ0n) is 16.4.